The quantitative estimate of drug-likeness (QED) is 0.734. The first kappa shape index (κ1) is 15.4. The molecule has 1 unspecified atom stereocenters. The molecule has 1 rings (SSSR count). The Labute approximate surface area is 111 Å². The molecule has 1 heterocycles. The van der Waals surface area contributed by atoms with Gasteiger partial charge in [-0.3, -0.25) is 4.79 Å². The number of esters is 1. The van der Waals surface area contributed by atoms with Crippen molar-refractivity contribution in [2.45, 2.75) is 39.5 Å². The third-order valence-corrected chi connectivity index (χ3v) is 3.97. The molecule has 1 atom stereocenters. The molecule has 18 heavy (non-hydrogen) atoms. The first-order chi connectivity index (χ1) is 8.49. The van der Waals surface area contributed by atoms with Crippen LogP contribution in [0.1, 0.15) is 39.5 Å². The van der Waals surface area contributed by atoms with Gasteiger partial charge in [0.25, 0.3) is 0 Å². The molecule has 0 aromatic heterocycles. The Balaban J connectivity index is 2.36. The molecule has 0 amide bonds. The number of carbonyl (C=O) groups excluding carboxylic acids is 1. The molecule has 0 spiro atoms. The second-order valence-corrected chi connectivity index (χ2v) is 6.01. The van der Waals surface area contributed by atoms with Crippen LogP contribution in [-0.4, -0.2) is 44.2 Å². The van der Waals surface area contributed by atoms with Gasteiger partial charge in [-0.15, -0.1) is 0 Å². The maximum atomic E-state index is 11.6. The molecule has 4 heteroatoms. The second kappa shape index (κ2) is 7.10. The maximum absolute atomic E-state index is 11.6. The lowest BCUT2D eigenvalue weighted by Crippen LogP contribution is -2.39. The molecule has 0 radical (unpaired) electrons. The summed E-state index contributed by atoms with van der Waals surface area (Å²) in [6.45, 7) is 7.96. The van der Waals surface area contributed by atoms with E-state index in [9.17, 15) is 4.79 Å². The predicted octanol–water partition coefficient (Wildman–Crippen LogP) is 1.64. The zero-order valence-electron chi connectivity index (χ0n) is 12.1. The molecular formula is C14H28N2O2. The molecule has 2 N–H and O–H groups in total. The normalized spacial score (nSPS) is 21.9. The molecule has 0 aliphatic carbocycles. The van der Waals surface area contributed by atoms with Gasteiger partial charge in [0.2, 0.25) is 0 Å². The zero-order valence-corrected chi connectivity index (χ0v) is 12.1. The average molecular weight is 256 g/mol. The number of hydrogen-bond acceptors (Lipinski definition) is 4. The van der Waals surface area contributed by atoms with Crippen LogP contribution in [0.25, 0.3) is 0 Å². The van der Waals surface area contributed by atoms with Crippen LogP contribution in [0.15, 0.2) is 0 Å². The number of methoxy groups -OCH3 is 1. The molecule has 1 aliphatic heterocycles. The van der Waals surface area contributed by atoms with Crippen molar-refractivity contribution in [2.75, 3.05) is 33.3 Å². The van der Waals surface area contributed by atoms with E-state index in [0.717, 1.165) is 44.9 Å². The summed E-state index contributed by atoms with van der Waals surface area (Å²) in [7, 11) is 1.46. The minimum atomic E-state index is -0.379. The standard InChI is InChI=1S/C14H28N2O2/c1-14(2,13(17)18-3)7-10-16-9-4-5-12(11-16)6-8-15/h12H,4-11,15H2,1-3H3. The summed E-state index contributed by atoms with van der Waals surface area (Å²) in [6, 6.07) is 0. The summed E-state index contributed by atoms with van der Waals surface area (Å²) in [5.74, 6) is 0.628. The number of nitrogens with two attached hydrogens (primary N) is 1. The average Bonchev–Trinajstić information content (AvgIpc) is 2.36. The van der Waals surface area contributed by atoms with Crippen molar-refractivity contribution >= 4 is 5.97 Å². The van der Waals surface area contributed by atoms with Gasteiger partial charge in [-0.05, 0) is 65.1 Å². The smallest absolute Gasteiger partial charge is 0.311 e. The van der Waals surface area contributed by atoms with E-state index in [4.69, 9.17) is 10.5 Å². The summed E-state index contributed by atoms with van der Waals surface area (Å²) in [4.78, 5) is 14.1. The second-order valence-electron chi connectivity index (χ2n) is 6.01. The Morgan fingerprint density at radius 3 is 2.83 bits per heavy atom. The zero-order chi connectivity index (χ0) is 13.6. The lowest BCUT2D eigenvalue weighted by molar-refractivity contribution is -0.151. The Bertz CT molecular complexity index is 265. The van der Waals surface area contributed by atoms with Crippen LogP contribution in [0.4, 0.5) is 0 Å². The van der Waals surface area contributed by atoms with Crippen molar-refractivity contribution in [2.24, 2.45) is 17.1 Å². The predicted molar refractivity (Wildman–Crippen MR) is 73.2 cm³/mol. The molecular weight excluding hydrogens is 228 g/mol. The number of carbonyl (C=O) groups is 1. The molecule has 1 aliphatic rings. The van der Waals surface area contributed by atoms with E-state index >= 15 is 0 Å². The van der Waals surface area contributed by atoms with Crippen molar-refractivity contribution in [3.05, 3.63) is 0 Å². The highest BCUT2D eigenvalue weighted by atomic mass is 16.5. The molecule has 106 valence electrons. The van der Waals surface area contributed by atoms with E-state index in [1.165, 1.54) is 20.0 Å². The lowest BCUT2D eigenvalue weighted by Gasteiger charge is -2.34. The van der Waals surface area contributed by atoms with Crippen LogP contribution in [0.3, 0.4) is 0 Å². The van der Waals surface area contributed by atoms with E-state index in [-0.39, 0.29) is 11.4 Å². The van der Waals surface area contributed by atoms with E-state index in [0.29, 0.717) is 0 Å². The van der Waals surface area contributed by atoms with Gasteiger partial charge in [0, 0.05) is 6.54 Å². The fourth-order valence-electron chi connectivity index (χ4n) is 2.64. The Morgan fingerprint density at radius 2 is 2.22 bits per heavy atom. The van der Waals surface area contributed by atoms with Crippen LogP contribution < -0.4 is 5.73 Å². The summed E-state index contributed by atoms with van der Waals surface area (Å²) >= 11 is 0. The third-order valence-electron chi connectivity index (χ3n) is 3.97. The SMILES string of the molecule is COC(=O)C(C)(C)CCN1CCCC(CCN)C1. The van der Waals surface area contributed by atoms with Crippen LogP contribution in [0.2, 0.25) is 0 Å². The lowest BCUT2D eigenvalue weighted by atomic mass is 9.88. The van der Waals surface area contributed by atoms with Crippen molar-refractivity contribution in [3.63, 3.8) is 0 Å². The van der Waals surface area contributed by atoms with E-state index in [1.54, 1.807) is 0 Å². The molecule has 1 saturated heterocycles. The number of nitrogens with zero attached hydrogens (tertiary/aromatic N) is 1. The van der Waals surface area contributed by atoms with Gasteiger partial charge in [-0.25, -0.2) is 0 Å². The van der Waals surface area contributed by atoms with Crippen LogP contribution in [0.5, 0.6) is 0 Å². The van der Waals surface area contributed by atoms with Crippen molar-refractivity contribution in [1.29, 1.82) is 0 Å². The summed E-state index contributed by atoms with van der Waals surface area (Å²) in [5.41, 5.74) is 5.25. The highest BCUT2D eigenvalue weighted by Crippen LogP contribution is 2.25. The van der Waals surface area contributed by atoms with Gasteiger partial charge in [-0.1, -0.05) is 0 Å². The summed E-state index contributed by atoms with van der Waals surface area (Å²) in [6.07, 6.45) is 4.53. The number of rotatable bonds is 6. The van der Waals surface area contributed by atoms with Gasteiger partial charge in [0.15, 0.2) is 0 Å². The Kier molecular flexibility index (Phi) is 6.09. The Hall–Kier alpha value is -0.610. The fraction of sp³-hybridized carbons (Fsp3) is 0.929. The van der Waals surface area contributed by atoms with E-state index in [1.807, 2.05) is 13.8 Å². The van der Waals surface area contributed by atoms with Gasteiger partial charge >= 0.3 is 5.97 Å². The monoisotopic (exact) mass is 256 g/mol. The van der Waals surface area contributed by atoms with Crippen molar-refractivity contribution in [1.82, 2.24) is 4.90 Å². The summed E-state index contributed by atoms with van der Waals surface area (Å²) < 4.78 is 4.84. The molecule has 0 bridgehead atoms. The van der Waals surface area contributed by atoms with Gasteiger partial charge < -0.3 is 15.4 Å². The molecule has 0 saturated carbocycles. The molecule has 0 aromatic carbocycles. The number of likely N-dealkylation sites (tertiary alicyclic amines) is 1. The van der Waals surface area contributed by atoms with Gasteiger partial charge in [0.1, 0.15) is 0 Å². The fourth-order valence-corrected chi connectivity index (χ4v) is 2.64. The molecule has 1 fully saturated rings. The minimum absolute atomic E-state index is 0.113. The van der Waals surface area contributed by atoms with Crippen LogP contribution in [0, 0.1) is 11.3 Å². The van der Waals surface area contributed by atoms with Gasteiger partial charge in [0.05, 0.1) is 12.5 Å². The highest BCUT2D eigenvalue weighted by molar-refractivity contribution is 5.75. The van der Waals surface area contributed by atoms with Crippen LogP contribution >= 0.6 is 0 Å². The topological polar surface area (TPSA) is 55.6 Å². The van der Waals surface area contributed by atoms with E-state index < -0.39 is 0 Å². The van der Waals surface area contributed by atoms with Crippen molar-refractivity contribution < 1.29 is 9.53 Å². The van der Waals surface area contributed by atoms with Crippen molar-refractivity contribution in [3.8, 4) is 0 Å². The number of piperidine rings is 1. The first-order valence-corrected chi connectivity index (χ1v) is 7.00. The third kappa shape index (κ3) is 4.58. The van der Waals surface area contributed by atoms with Crippen LogP contribution in [-0.2, 0) is 9.53 Å². The highest BCUT2D eigenvalue weighted by Gasteiger charge is 2.29. The van der Waals surface area contributed by atoms with Gasteiger partial charge in [-0.2, -0.15) is 0 Å². The largest absolute Gasteiger partial charge is 0.469 e. The summed E-state index contributed by atoms with van der Waals surface area (Å²) in [5, 5.41) is 0. The molecule has 0 aromatic rings. The Morgan fingerprint density at radius 1 is 1.50 bits per heavy atom. The number of ether oxygens (including phenoxy) is 1. The molecule has 4 nitrogen and oxygen atoms in total. The number of hydrogen-bond donors (Lipinski definition) is 1. The minimum Gasteiger partial charge on any atom is -0.469 e. The first-order valence-electron chi connectivity index (χ1n) is 7.00. The maximum Gasteiger partial charge on any atom is 0.311 e. The van der Waals surface area contributed by atoms with E-state index in [2.05, 4.69) is 4.90 Å².